The molecule has 1 unspecified atom stereocenters. The first-order valence-corrected chi connectivity index (χ1v) is 13.0. The summed E-state index contributed by atoms with van der Waals surface area (Å²) in [5.74, 6) is -0.637. The number of thiazole rings is 1. The molecular formula is C23H27N3O4S2. The first-order valence-electron chi connectivity index (χ1n) is 10.7. The smallest absolute Gasteiger partial charge is 0.308 e. The van der Waals surface area contributed by atoms with Crippen molar-refractivity contribution in [2.45, 2.75) is 44.6 Å². The minimum atomic E-state index is -3.64. The third kappa shape index (κ3) is 4.37. The molecule has 1 atom stereocenters. The minimum Gasteiger partial charge on any atom is -0.326 e. The molecule has 1 amide bonds. The largest absolute Gasteiger partial charge is 0.326 e. The fourth-order valence-electron chi connectivity index (χ4n) is 4.08. The second-order valence-electron chi connectivity index (χ2n) is 8.52. The summed E-state index contributed by atoms with van der Waals surface area (Å²) in [4.78, 5) is 25.4. The highest BCUT2D eigenvalue weighted by atomic mass is 32.2. The van der Waals surface area contributed by atoms with Gasteiger partial charge in [-0.15, -0.1) is 0 Å². The summed E-state index contributed by atoms with van der Waals surface area (Å²) in [6.45, 7) is 6.39. The van der Waals surface area contributed by atoms with Gasteiger partial charge in [-0.3, -0.25) is 14.2 Å². The second kappa shape index (κ2) is 8.80. The van der Waals surface area contributed by atoms with Gasteiger partial charge in [0.25, 0.3) is 0 Å². The first kappa shape index (κ1) is 22.7. The third-order valence-electron chi connectivity index (χ3n) is 5.81. The predicted octanol–water partition coefficient (Wildman–Crippen LogP) is 3.99. The molecule has 2 aromatic carbocycles. The van der Waals surface area contributed by atoms with Crippen LogP contribution in [-0.4, -0.2) is 36.3 Å². The van der Waals surface area contributed by atoms with Crippen molar-refractivity contribution in [3.8, 4) is 0 Å². The Bertz CT molecular complexity index is 1310. The van der Waals surface area contributed by atoms with E-state index >= 15 is 0 Å². The van der Waals surface area contributed by atoms with Crippen LogP contribution in [0.3, 0.4) is 0 Å². The van der Waals surface area contributed by atoms with Crippen molar-refractivity contribution in [3.05, 3.63) is 57.7 Å². The highest BCUT2D eigenvalue weighted by molar-refractivity contribution is 7.89. The molecular weight excluding hydrogens is 446 g/mol. The van der Waals surface area contributed by atoms with E-state index in [1.165, 1.54) is 4.31 Å². The van der Waals surface area contributed by atoms with Crippen LogP contribution in [-0.2, 0) is 14.8 Å². The zero-order valence-electron chi connectivity index (χ0n) is 18.4. The van der Waals surface area contributed by atoms with Gasteiger partial charge >= 0.3 is 4.87 Å². The molecule has 0 radical (unpaired) electrons. The average Bonchev–Trinajstić information content (AvgIpc) is 3.09. The van der Waals surface area contributed by atoms with E-state index < -0.39 is 15.9 Å². The number of nitrogens with zero attached hydrogens (tertiary/aromatic N) is 2. The summed E-state index contributed by atoms with van der Waals surface area (Å²) in [7, 11) is -3.64. The van der Waals surface area contributed by atoms with Gasteiger partial charge in [0.1, 0.15) is 0 Å². The van der Waals surface area contributed by atoms with Crippen LogP contribution in [0.15, 0.2) is 52.2 Å². The number of benzene rings is 2. The standard InChI is InChI=1S/C23H27N3O4S2/c1-15(2)26-20-11-8-18(13-21(20)31-23(26)28)24-22(27)17-5-4-12-25(14-17)32(29,30)19-9-6-16(3)7-10-19/h6-11,13,15,17H,4-5,12,14H2,1-3H3,(H,24,27). The van der Waals surface area contributed by atoms with Gasteiger partial charge in [0.15, 0.2) is 0 Å². The Hall–Kier alpha value is -2.49. The Kier molecular flexibility index (Phi) is 6.24. The molecule has 1 N–H and O–H groups in total. The van der Waals surface area contributed by atoms with Crippen LogP contribution < -0.4 is 10.2 Å². The molecule has 32 heavy (non-hydrogen) atoms. The number of sulfonamides is 1. The molecule has 9 heteroatoms. The van der Waals surface area contributed by atoms with Crippen molar-refractivity contribution < 1.29 is 13.2 Å². The summed E-state index contributed by atoms with van der Waals surface area (Å²) >= 11 is 1.15. The normalized spacial score (nSPS) is 17.7. The summed E-state index contributed by atoms with van der Waals surface area (Å²) in [6, 6.07) is 12.3. The predicted molar refractivity (Wildman–Crippen MR) is 128 cm³/mol. The number of hydrogen-bond donors (Lipinski definition) is 1. The first-order chi connectivity index (χ1) is 15.2. The number of piperidine rings is 1. The van der Waals surface area contributed by atoms with Crippen LogP contribution in [0.5, 0.6) is 0 Å². The summed E-state index contributed by atoms with van der Waals surface area (Å²) in [5, 5.41) is 2.92. The van der Waals surface area contributed by atoms with Crippen LogP contribution >= 0.6 is 11.3 Å². The molecule has 3 aromatic rings. The van der Waals surface area contributed by atoms with E-state index in [0.29, 0.717) is 25.1 Å². The van der Waals surface area contributed by atoms with Crippen LogP contribution in [0.2, 0.25) is 0 Å². The molecule has 1 aromatic heterocycles. The van der Waals surface area contributed by atoms with Crippen molar-refractivity contribution in [2.24, 2.45) is 5.92 Å². The Morgan fingerprint density at radius 3 is 2.56 bits per heavy atom. The number of aryl methyl sites for hydroxylation is 1. The topological polar surface area (TPSA) is 88.5 Å². The van der Waals surface area contributed by atoms with Gasteiger partial charge in [-0.1, -0.05) is 29.0 Å². The fourth-order valence-corrected chi connectivity index (χ4v) is 6.66. The molecule has 0 aliphatic carbocycles. The van der Waals surface area contributed by atoms with E-state index in [2.05, 4.69) is 5.32 Å². The number of nitrogens with one attached hydrogen (secondary N) is 1. The number of fused-ring (bicyclic) bond motifs is 1. The molecule has 1 aliphatic rings. The van der Waals surface area contributed by atoms with Gasteiger partial charge < -0.3 is 5.32 Å². The lowest BCUT2D eigenvalue weighted by atomic mass is 9.98. The molecule has 0 bridgehead atoms. The van der Waals surface area contributed by atoms with Gasteiger partial charge in [-0.2, -0.15) is 4.31 Å². The average molecular weight is 474 g/mol. The second-order valence-corrected chi connectivity index (χ2v) is 11.4. The Labute approximate surface area is 191 Å². The number of rotatable bonds is 5. The van der Waals surface area contributed by atoms with Gasteiger partial charge in [-0.05, 0) is 63.9 Å². The minimum absolute atomic E-state index is 0.0253. The third-order valence-corrected chi connectivity index (χ3v) is 8.61. The van der Waals surface area contributed by atoms with E-state index in [9.17, 15) is 18.0 Å². The maximum atomic E-state index is 13.0. The van der Waals surface area contributed by atoms with E-state index in [0.717, 1.165) is 27.1 Å². The van der Waals surface area contributed by atoms with E-state index in [1.54, 1.807) is 34.9 Å². The van der Waals surface area contributed by atoms with Crippen molar-refractivity contribution in [1.82, 2.24) is 8.87 Å². The highest BCUT2D eigenvalue weighted by Crippen LogP contribution is 2.27. The molecule has 0 spiro atoms. The van der Waals surface area contributed by atoms with Gasteiger partial charge in [0, 0.05) is 24.8 Å². The monoisotopic (exact) mass is 473 g/mol. The molecule has 7 nitrogen and oxygen atoms in total. The van der Waals surface area contributed by atoms with E-state index in [-0.39, 0.29) is 28.3 Å². The molecule has 170 valence electrons. The van der Waals surface area contributed by atoms with Crippen LogP contribution in [0.4, 0.5) is 5.69 Å². The molecule has 0 saturated carbocycles. The zero-order chi connectivity index (χ0) is 23.0. The maximum absolute atomic E-state index is 13.0. The van der Waals surface area contributed by atoms with Crippen molar-refractivity contribution in [1.29, 1.82) is 0 Å². The number of anilines is 1. The lowest BCUT2D eigenvalue weighted by Gasteiger charge is -2.31. The molecule has 1 saturated heterocycles. The quantitative estimate of drug-likeness (QED) is 0.607. The number of aromatic nitrogens is 1. The summed E-state index contributed by atoms with van der Waals surface area (Å²) in [5.41, 5.74) is 2.45. The summed E-state index contributed by atoms with van der Waals surface area (Å²) in [6.07, 6.45) is 1.26. The lowest BCUT2D eigenvalue weighted by Crippen LogP contribution is -2.43. The number of hydrogen-bond acceptors (Lipinski definition) is 5. The number of amides is 1. The highest BCUT2D eigenvalue weighted by Gasteiger charge is 2.33. The number of carbonyl (C=O) groups excluding carboxylic acids is 1. The van der Waals surface area contributed by atoms with Crippen molar-refractivity contribution in [3.63, 3.8) is 0 Å². The van der Waals surface area contributed by atoms with Gasteiger partial charge in [-0.25, -0.2) is 8.42 Å². The SMILES string of the molecule is Cc1ccc(S(=O)(=O)N2CCCC(C(=O)Nc3ccc4c(c3)sc(=O)n4C(C)C)C2)cc1. The van der Waals surface area contributed by atoms with Crippen LogP contribution in [0.25, 0.3) is 10.2 Å². The zero-order valence-corrected chi connectivity index (χ0v) is 20.0. The molecule has 2 heterocycles. The molecule has 1 aliphatic heterocycles. The van der Waals surface area contributed by atoms with Gasteiger partial charge in [0.05, 0.1) is 21.0 Å². The molecule has 4 rings (SSSR count). The summed E-state index contributed by atoms with van der Waals surface area (Å²) < 4.78 is 30.0. The maximum Gasteiger partial charge on any atom is 0.308 e. The Morgan fingerprint density at radius 2 is 1.88 bits per heavy atom. The fraction of sp³-hybridized carbons (Fsp3) is 0.391. The number of carbonyl (C=O) groups is 1. The molecule has 1 fully saturated rings. The Balaban J connectivity index is 1.50. The van der Waals surface area contributed by atoms with E-state index in [4.69, 9.17) is 0 Å². The van der Waals surface area contributed by atoms with Crippen LogP contribution in [0, 0.1) is 12.8 Å². The van der Waals surface area contributed by atoms with Crippen molar-refractivity contribution in [2.75, 3.05) is 18.4 Å². The van der Waals surface area contributed by atoms with Crippen molar-refractivity contribution >= 4 is 43.2 Å². The van der Waals surface area contributed by atoms with Gasteiger partial charge in [0.2, 0.25) is 15.9 Å². The lowest BCUT2D eigenvalue weighted by molar-refractivity contribution is -0.120. The van der Waals surface area contributed by atoms with Crippen LogP contribution in [0.1, 0.15) is 38.3 Å². The van der Waals surface area contributed by atoms with E-state index in [1.807, 2.05) is 32.9 Å². The Morgan fingerprint density at radius 1 is 1.16 bits per heavy atom.